The van der Waals surface area contributed by atoms with Crippen LogP contribution in [0, 0.1) is 0 Å². The molecule has 2 aromatic carbocycles. The van der Waals surface area contributed by atoms with Crippen molar-refractivity contribution in [1.29, 1.82) is 0 Å². The molecule has 1 fully saturated rings. The van der Waals surface area contributed by atoms with Crippen molar-refractivity contribution in [3.05, 3.63) is 58.1 Å². The Hall–Kier alpha value is -2.19. The molecule has 0 unspecified atom stereocenters. The SMILES string of the molecule is COc1ccc(C(=O)NC2(c3cccc(Br)c3)CCOCC2)cc1OC(F)F. The highest BCUT2D eigenvalue weighted by atomic mass is 79.9. The number of hydrogen-bond acceptors (Lipinski definition) is 4. The van der Waals surface area contributed by atoms with E-state index in [9.17, 15) is 13.6 Å². The predicted molar refractivity (Wildman–Crippen MR) is 103 cm³/mol. The Labute approximate surface area is 170 Å². The zero-order valence-electron chi connectivity index (χ0n) is 15.2. The molecule has 2 aromatic rings. The highest BCUT2D eigenvalue weighted by Crippen LogP contribution is 2.35. The van der Waals surface area contributed by atoms with E-state index in [1.54, 1.807) is 0 Å². The largest absolute Gasteiger partial charge is 0.493 e. The minimum atomic E-state index is -3.02. The Kier molecular flexibility index (Phi) is 6.51. The zero-order valence-corrected chi connectivity index (χ0v) is 16.8. The number of rotatable bonds is 6. The number of hydrogen-bond donors (Lipinski definition) is 1. The van der Waals surface area contributed by atoms with Gasteiger partial charge >= 0.3 is 6.61 Å². The minimum Gasteiger partial charge on any atom is -0.493 e. The van der Waals surface area contributed by atoms with Crippen LogP contribution in [0.1, 0.15) is 28.8 Å². The van der Waals surface area contributed by atoms with Crippen LogP contribution in [0.15, 0.2) is 46.9 Å². The first-order valence-corrected chi connectivity index (χ1v) is 9.52. The number of carbonyl (C=O) groups is 1. The lowest BCUT2D eigenvalue weighted by Gasteiger charge is -2.38. The lowest BCUT2D eigenvalue weighted by molar-refractivity contribution is -0.0512. The molecular weight excluding hydrogens is 436 g/mol. The molecule has 8 heteroatoms. The maximum Gasteiger partial charge on any atom is 0.387 e. The maximum absolute atomic E-state index is 13.0. The third-order valence-electron chi connectivity index (χ3n) is 4.72. The molecule has 5 nitrogen and oxygen atoms in total. The predicted octanol–water partition coefficient (Wildman–Crippen LogP) is 4.49. The average molecular weight is 456 g/mol. The third kappa shape index (κ3) is 4.62. The normalized spacial score (nSPS) is 15.9. The Morgan fingerprint density at radius 1 is 1.18 bits per heavy atom. The molecule has 0 saturated carbocycles. The van der Waals surface area contributed by atoms with Crippen LogP contribution in [-0.4, -0.2) is 32.8 Å². The van der Waals surface area contributed by atoms with E-state index in [1.807, 2.05) is 24.3 Å². The van der Waals surface area contributed by atoms with Crippen LogP contribution in [0.3, 0.4) is 0 Å². The fraction of sp³-hybridized carbons (Fsp3) is 0.350. The number of amides is 1. The number of benzene rings is 2. The quantitative estimate of drug-likeness (QED) is 0.696. The molecule has 0 radical (unpaired) electrons. The minimum absolute atomic E-state index is 0.129. The Bertz CT molecular complexity index is 841. The summed E-state index contributed by atoms with van der Waals surface area (Å²) in [6, 6.07) is 11.9. The van der Waals surface area contributed by atoms with E-state index in [1.165, 1.54) is 25.3 Å². The maximum atomic E-state index is 13.0. The van der Waals surface area contributed by atoms with Gasteiger partial charge in [-0.3, -0.25) is 4.79 Å². The Morgan fingerprint density at radius 2 is 1.93 bits per heavy atom. The lowest BCUT2D eigenvalue weighted by Crippen LogP contribution is -2.49. The van der Waals surface area contributed by atoms with Crippen molar-refractivity contribution >= 4 is 21.8 Å². The van der Waals surface area contributed by atoms with Crippen LogP contribution in [0.2, 0.25) is 0 Å². The summed E-state index contributed by atoms with van der Waals surface area (Å²) >= 11 is 3.47. The van der Waals surface area contributed by atoms with Gasteiger partial charge in [-0.1, -0.05) is 28.1 Å². The van der Waals surface area contributed by atoms with Gasteiger partial charge in [0.15, 0.2) is 11.5 Å². The zero-order chi connectivity index (χ0) is 20.1. The van der Waals surface area contributed by atoms with E-state index in [0.29, 0.717) is 26.1 Å². The van der Waals surface area contributed by atoms with Crippen molar-refractivity contribution in [3.8, 4) is 11.5 Å². The van der Waals surface area contributed by atoms with E-state index >= 15 is 0 Å². The highest BCUT2D eigenvalue weighted by Gasteiger charge is 2.36. The molecule has 0 bridgehead atoms. The van der Waals surface area contributed by atoms with Crippen LogP contribution in [0.5, 0.6) is 11.5 Å². The van der Waals surface area contributed by atoms with E-state index in [0.717, 1.165) is 10.0 Å². The second-order valence-corrected chi connectivity index (χ2v) is 7.32. The van der Waals surface area contributed by atoms with Crippen molar-refractivity contribution < 1.29 is 27.8 Å². The van der Waals surface area contributed by atoms with Gasteiger partial charge in [0, 0.05) is 23.2 Å². The summed E-state index contributed by atoms with van der Waals surface area (Å²) in [4.78, 5) is 13.0. The molecule has 3 rings (SSSR count). The van der Waals surface area contributed by atoms with Gasteiger partial charge in [0.25, 0.3) is 5.91 Å². The summed E-state index contributed by atoms with van der Waals surface area (Å²) in [5.41, 5.74) is 0.552. The van der Waals surface area contributed by atoms with Crippen molar-refractivity contribution in [2.75, 3.05) is 20.3 Å². The number of halogens is 3. The van der Waals surface area contributed by atoms with Crippen LogP contribution in [-0.2, 0) is 10.3 Å². The van der Waals surface area contributed by atoms with Gasteiger partial charge in [-0.25, -0.2) is 0 Å². The molecule has 0 spiro atoms. The fourth-order valence-electron chi connectivity index (χ4n) is 3.29. The van der Waals surface area contributed by atoms with Gasteiger partial charge < -0.3 is 19.5 Å². The molecule has 150 valence electrons. The second kappa shape index (κ2) is 8.87. The molecule has 0 aromatic heterocycles. The molecule has 1 saturated heterocycles. The topological polar surface area (TPSA) is 56.8 Å². The van der Waals surface area contributed by atoms with Gasteiger partial charge in [0.2, 0.25) is 0 Å². The first kappa shape index (κ1) is 20.5. The van der Waals surface area contributed by atoms with Crippen LogP contribution >= 0.6 is 15.9 Å². The lowest BCUT2D eigenvalue weighted by atomic mass is 9.82. The van der Waals surface area contributed by atoms with Crippen LogP contribution in [0.25, 0.3) is 0 Å². The second-order valence-electron chi connectivity index (χ2n) is 6.40. The van der Waals surface area contributed by atoms with E-state index in [-0.39, 0.29) is 23.0 Å². The summed E-state index contributed by atoms with van der Waals surface area (Å²) in [6.07, 6.45) is 1.21. The van der Waals surface area contributed by atoms with Gasteiger partial charge in [0.05, 0.1) is 12.6 Å². The van der Waals surface area contributed by atoms with Crippen LogP contribution < -0.4 is 14.8 Å². The van der Waals surface area contributed by atoms with Gasteiger partial charge in [0.1, 0.15) is 0 Å². The van der Waals surface area contributed by atoms with E-state index in [4.69, 9.17) is 9.47 Å². The number of alkyl halides is 2. The Balaban J connectivity index is 1.90. The number of ether oxygens (including phenoxy) is 3. The first-order valence-electron chi connectivity index (χ1n) is 8.73. The fourth-order valence-corrected chi connectivity index (χ4v) is 3.69. The molecule has 28 heavy (non-hydrogen) atoms. The molecule has 0 aliphatic carbocycles. The van der Waals surface area contributed by atoms with Crippen LogP contribution in [0.4, 0.5) is 8.78 Å². The molecule has 1 N–H and O–H groups in total. The summed E-state index contributed by atoms with van der Waals surface area (Å²) in [5, 5.41) is 3.09. The standard InChI is InChI=1S/C20H20BrF2NO4/c1-26-16-6-5-13(11-17(16)28-19(22)23)18(25)24-20(7-9-27-10-8-20)14-3-2-4-15(21)12-14/h2-6,11-12,19H,7-10H2,1H3,(H,24,25). The summed E-state index contributed by atoms with van der Waals surface area (Å²) in [7, 11) is 1.34. The monoisotopic (exact) mass is 455 g/mol. The van der Waals surface area contributed by atoms with Crippen molar-refractivity contribution in [1.82, 2.24) is 5.32 Å². The van der Waals surface area contributed by atoms with Crippen molar-refractivity contribution in [2.24, 2.45) is 0 Å². The molecule has 1 aliphatic heterocycles. The molecule has 1 heterocycles. The first-order chi connectivity index (χ1) is 13.4. The number of carbonyl (C=O) groups excluding carboxylic acids is 1. The smallest absolute Gasteiger partial charge is 0.387 e. The molecular formula is C20H20BrF2NO4. The van der Waals surface area contributed by atoms with Gasteiger partial charge in [-0.05, 0) is 48.7 Å². The summed E-state index contributed by atoms with van der Waals surface area (Å²) < 4.78 is 41.2. The van der Waals surface area contributed by atoms with E-state index < -0.39 is 12.2 Å². The third-order valence-corrected chi connectivity index (χ3v) is 5.21. The summed E-state index contributed by atoms with van der Waals surface area (Å²) in [5.74, 6) is -0.443. The van der Waals surface area contributed by atoms with Crippen molar-refractivity contribution in [2.45, 2.75) is 25.0 Å². The number of methoxy groups -OCH3 is 1. The average Bonchev–Trinajstić information content (AvgIpc) is 2.68. The molecule has 0 atom stereocenters. The van der Waals surface area contributed by atoms with Gasteiger partial charge in [-0.15, -0.1) is 0 Å². The molecule has 1 amide bonds. The highest BCUT2D eigenvalue weighted by molar-refractivity contribution is 9.10. The summed E-state index contributed by atoms with van der Waals surface area (Å²) in [6.45, 7) is -2.00. The Morgan fingerprint density at radius 3 is 2.57 bits per heavy atom. The van der Waals surface area contributed by atoms with E-state index in [2.05, 4.69) is 26.0 Å². The van der Waals surface area contributed by atoms with Crippen molar-refractivity contribution in [3.63, 3.8) is 0 Å². The van der Waals surface area contributed by atoms with Gasteiger partial charge in [-0.2, -0.15) is 8.78 Å². The number of nitrogens with one attached hydrogen (secondary N) is 1. The molecule has 1 aliphatic rings.